The molecule has 2 saturated heterocycles. The minimum Gasteiger partial charge on any atom is -0.389 e. The van der Waals surface area contributed by atoms with Crippen LogP contribution in [0.5, 0.6) is 0 Å². The zero-order valence-electron chi connectivity index (χ0n) is 26.9. The summed E-state index contributed by atoms with van der Waals surface area (Å²) in [6.07, 6.45) is 4.86. The number of nitriles is 1. The molecule has 1 unspecified atom stereocenters. The predicted octanol–water partition coefficient (Wildman–Crippen LogP) is 7.25. The number of allylic oxidation sites excluding steroid dienone is 2. The van der Waals surface area contributed by atoms with Gasteiger partial charge in [0.2, 0.25) is 0 Å². The lowest BCUT2D eigenvalue weighted by atomic mass is 9.87. The molecule has 4 N–H and O–H groups in total. The average molecular weight is 677 g/mol. The number of pyridine rings is 1. The minimum absolute atomic E-state index is 0.0153. The van der Waals surface area contributed by atoms with E-state index in [-0.39, 0.29) is 65.9 Å². The van der Waals surface area contributed by atoms with E-state index >= 15 is 8.78 Å². The Hall–Kier alpha value is -4.12. The van der Waals surface area contributed by atoms with Crippen LogP contribution in [-0.2, 0) is 6.42 Å². The fraction of sp³-hybridized carbons (Fsp3) is 0.429. The molecule has 2 atom stereocenters. The molecule has 0 aliphatic carbocycles. The molecule has 13 heteroatoms. The number of hydrogen-bond acceptors (Lipinski definition) is 9. The maximum absolute atomic E-state index is 17.1. The number of fused-ring (bicyclic) bond motifs is 2. The first kappa shape index (κ1) is 32.4. The largest absolute Gasteiger partial charge is 0.389 e. The van der Waals surface area contributed by atoms with Gasteiger partial charge in [-0.2, -0.15) is 5.26 Å². The topological polar surface area (TPSA) is 116 Å². The lowest BCUT2D eigenvalue weighted by molar-refractivity contribution is 0.182. The van der Waals surface area contributed by atoms with Gasteiger partial charge in [0.1, 0.15) is 34.0 Å². The molecule has 1 aromatic carbocycles. The average Bonchev–Trinajstić information content (AvgIpc) is 3.71. The van der Waals surface area contributed by atoms with Crippen molar-refractivity contribution in [3.05, 3.63) is 58.6 Å². The Labute approximate surface area is 279 Å². The van der Waals surface area contributed by atoms with E-state index in [2.05, 4.69) is 27.1 Å². The second-order valence-electron chi connectivity index (χ2n) is 13.3. The Morgan fingerprint density at radius 1 is 1.21 bits per heavy atom. The highest BCUT2D eigenvalue weighted by Crippen LogP contribution is 2.47. The third-order valence-corrected chi connectivity index (χ3v) is 11.1. The molecule has 0 spiro atoms. The van der Waals surface area contributed by atoms with Crippen molar-refractivity contribution in [1.82, 2.24) is 25.2 Å². The summed E-state index contributed by atoms with van der Waals surface area (Å²) in [6.45, 7) is 10.9. The predicted molar refractivity (Wildman–Crippen MR) is 182 cm³/mol. The minimum atomic E-state index is -0.999. The molecule has 0 bridgehead atoms. The highest BCUT2D eigenvalue weighted by atomic mass is 32.1. The van der Waals surface area contributed by atoms with Gasteiger partial charge in [0, 0.05) is 42.5 Å². The summed E-state index contributed by atoms with van der Waals surface area (Å²) in [5, 5.41) is 16.7. The van der Waals surface area contributed by atoms with Crippen LogP contribution >= 0.6 is 11.3 Å². The normalized spacial score (nSPS) is 22.9. The number of nitrogens with one attached hydrogen (secondary N) is 2. The van der Waals surface area contributed by atoms with Gasteiger partial charge in [-0.25, -0.2) is 27.5 Å². The molecular weight excluding hydrogens is 640 g/mol. The van der Waals surface area contributed by atoms with E-state index < -0.39 is 23.0 Å². The van der Waals surface area contributed by atoms with Crippen LogP contribution in [0.1, 0.15) is 62.9 Å². The van der Waals surface area contributed by atoms with E-state index in [1.54, 1.807) is 0 Å². The number of rotatable bonds is 4. The van der Waals surface area contributed by atoms with Crippen LogP contribution in [0.4, 0.5) is 28.4 Å². The first-order chi connectivity index (χ1) is 23.0. The molecule has 8 nitrogen and oxygen atoms in total. The zero-order chi connectivity index (χ0) is 33.9. The highest BCUT2D eigenvalue weighted by Gasteiger charge is 2.46. The van der Waals surface area contributed by atoms with Crippen LogP contribution in [0.2, 0.25) is 0 Å². The smallest absolute Gasteiger partial charge is 0.162 e. The molecule has 48 heavy (non-hydrogen) atoms. The number of nitrogen functional groups attached to an aromatic ring is 1. The SMILES string of the molecule is C=C1C[C@@H](C)CNCCNc2nc(CCC34CCCN3C/C(=C(\C)F)C4)nc3c(F)c(-c4ncc(F)c5sc(N)c(C#N)c45)c(F)c1c23. The number of thiophene rings is 1. The Bertz CT molecular complexity index is 2060. The van der Waals surface area contributed by atoms with Crippen LogP contribution in [0.3, 0.4) is 0 Å². The molecule has 4 aromatic rings. The van der Waals surface area contributed by atoms with Crippen molar-refractivity contribution in [3.63, 3.8) is 0 Å². The van der Waals surface area contributed by atoms with Gasteiger partial charge in [0.15, 0.2) is 11.6 Å². The van der Waals surface area contributed by atoms with E-state index in [0.29, 0.717) is 63.3 Å². The summed E-state index contributed by atoms with van der Waals surface area (Å²) in [4.78, 5) is 16.1. The number of hydrogen-bond donors (Lipinski definition) is 3. The van der Waals surface area contributed by atoms with Crippen molar-refractivity contribution in [3.8, 4) is 17.3 Å². The quantitative estimate of drug-likeness (QED) is 0.194. The fourth-order valence-electron chi connectivity index (χ4n) is 7.80. The van der Waals surface area contributed by atoms with E-state index in [0.717, 1.165) is 42.5 Å². The molecule has 0 amide bonds. The molecule has 6 heterocycles. The molecule has 7 rings (SSSR count). The molecule has 3 aromatic heterocycles. The third kappa shape index (κ3) is 5.30. The second kappa shape index (κ2) is 12.4. The molecule has 2 fully saturated rings. The van der Waals surface area contributed by atoms with E-state index in [1.165, 1.54) is 6.92 Å². The van der Waals surface area contributed by atoms with Gasteiger partial charge in [-0.3, -0.25) is 9.88 Å². The van der Waals surface area contributed by atoms with Crippen molar-refractivity contribution in [2.75, 3.05) is 43.8 Å². The molecule has 250 valence electrons. The Kier molecular flexibility index (Phi) is 8.38. The summed E-state index contributed by atoms with van der Waals surface area (Å²) in [7, 11) is 0. The van der Waals surface area contributed by atoms with Crippen LogP contribution in [0, 0.1) is 34.7 Å². The first-order valence-electron chi connectivity index (χ1n) is 16.2. The van der Waals surface area contributed by atoms with Gasteiger partial charge < -0.3 is 16.4 Å². The number of halogens is 4. The van der Waals surface area contributed by atoms with Crippen LogP contribution in [0.25, 0.3) is 37.8 Å². The highest BCUT2D eigenvalue weighted by molar-refractivity contribution is 7.23. The maximum atomic E-state index is 17.1. The van der Waals surface area contributed by atoms with Crippen LogP contribution < -0.4 is 16.4 Å². The molecule has 0 saturated carbocycles. The van der Waals surface area contributed by atoms with Crippen LogP contribution in [0.15, 0.2) is 24.2 Å². The second-order valence-corrected chi connectivity index (χ2v) is 14.4. The number of benzene rings is 1. The number of nitrogens with two attached hydrogens (primary N) is 1. The van der Waals surface area contributed by atoms with Crippen molar-refractivity contribution in [2.45, 2.75) is 57.9 Å². The zero-order valence-corrected chi connectivity index (χ0v) is 27.7. The Balaban J connectivity index is 1.45. The third-order valence-electron chi connectivity index (χ3n) is 10.1. The first-order valence-corrected chi connectivity index (χ1v) is 17.0. The van der Waals surface area contributed by atoms with Crippen molar-refractivity contribution in [1.29, 1.82) is 5.26 Å². The number of nitrogens with zero attached hydrogens (tertiary/aromatic N) is 5. The summed E-state index contributed by atoms with van der Waals surface area (Å²) in [5.74, 6) is -2.11. The maximum Gasteiger partial charge on any atom is 0.162 e. The van der Waals surface area contributed by atoms with Crippen molar-refractivity contribution >= 4 is 48.7 Å². The van der Waals surface area contributed by atoms with E-state index in [1.807, 2.05) is 13.0 Å². The van der Waals surface area contributed by atoms with Crippen molar-refractivity contribution < 1.29 is 17.6 Å². The van der Waals surface area contributed by atoms with Crippen molar-refractivity contribution in [2.24, 2.45) is 5.92 Å². The summed E-state index contributed by atoms with van der Waals surface area (Å²) in [5.41, 5.74) is 6.13. The monoisotopic (exact) mass is 676 g/mol. The Morgan fingerprint density at radius 3 is 2.79 bits per heavy atom. The van der Waals surface area contributed by atoms with Gasteiger partial charge >= 0.3 is 0 Å². The number of aromatic nitrogens is 3. The molecule has 3 aliphatic rings. The summed E-state index contributed by atoms with van der Waals surface area (Å²) in [6, 6.07) is 1.96. The van der Waals surface area contributed by atoms with E-state index in [4.69, 9.17) is 15.7 Å². The van der Waals surface area contributed by atoms with E-state index in [9.17, 15) is 14.0 Å². The van der Waals surface area contributed by atoms with Gasteiger partial charge in [-0.1, -0.05) is 13.5 Å². The number of aryl methyl sites for hydroxylation is 1. The van der Waals surface area contributed by atoms with Gasteiger partial charge in [-0.05, 0) is 69.2 Å². The van der Waals surface area contributed by atoms with Gasteiger partial charge in [0.05, 0.1) is 38.9 Å². The summed E-state index contributed by atoms with van der Waals surface area (Å²) < 4.78 is 63.4. The van der Waals surface area contributed by atoms with Crippen LogP contribution in [-0.4, -0.2) is 58.1 Å². The summed E-state index contributed by atoms with van der Waals surface area (Å²) >= 11 is 0.826. The lowest BCUT2D eigenvalue weighted by Crippen LogP contribution is -2.38. The number of anilines is 2. The fourth-order valence-corrected chi connectivity index (χ4v) is 8.72. The van der Waals surface area contributed by atoms with Gasteiger partial charge in [0.25, 0.3) is 0 Å². The van der Waals surface area contributed by atoms with Gasteiger partial charge in [-0.15, -0.1) is 11.3 Å². The molecular formula is C35H36F4N8S. The lowest BCUT2D eigenvalue weighted by Gasteiger charge is -2.31. The standard InChI is InChI=1S/C35H36F4N8S/c1-17-11-18(2)24-26-31(29(39)27(28(24)38)30-25-21(13-40)33(41)48-32(25)22(37)15-44-30)45-23(46-34(26)43-9-8-42-14-17)5-7-35-6-4-10-47(35)16-20(12-35)19(3)36/h15,17,42H,2,4-12,14,16,41H2,1,3H3,(H,43,45,46)/b20-19+/t17-,35?/m1/s1. The molecule has 0 radical (unpaired) electrons. The Morgan fingerprint density at radius 2 is 2.02 bits per heavy atom. The molecule has 3 aliphatic heterocycles.